The molecule has 0 saturated carbocycles. The van der Waals surface area contributed by atoms with Crippen molar-refractivity contribution in [2.24, 2.45) is 0 Å². The normalized spacial score (nSPS) is 11.2. The third kappa shape index (κ3) is 2.39. The van der Waals surface area contributed by atoms with Gasteiger partial charge < -0.3 is 14.6 Å². The van der Waals surface area contributed by atoms with Crippen LogP contribution in [0.25, 0.3) is 17.0 Å². The Hall–Kier alpha value is -3.01. The molecule has 21 heavy (non-hydrogen) atoms. The maximum Gasteiger partial charge on any atom is 0.193 e. The van der Waals surface area contributed by atoms with Crippen LogP contribution in [-0.4, -0.2) is 16.0 Å². The number of benzene rings is 2. The number of phenolic OH excluding ortho intramolecular Hbond substituents is 2. The van der Waals surface area contributed by atoms with Gasteiger partial charge in [0.25, 0.3) is 0 Å². The molecule has 2 aromatic carbocycles. The summed E-state index contributed by atoms with van der Waals surface area (Å²) >= 11 is 0. The first-order valence-electron chi connectivity index (χ1n) is 6.36. The predicted molar refractivity (Wildman–Crippen MR) is 79.4 cm³/mol. The monoisotopic (exact) mass is 280 g/mol. The number of carbonyl (C=O) groups excluding carboxylic acids is 1. The summed E-state index contributed by atoms with van der Waals surface area (Å²) in [7, 11) is 0. The Morgan fingerprint density at radius 1 is 1.10 bits per heavy atom. The maximum absolute atomic E-state index is 12.2. The third-order valence-electron chi connectivity index (χ3n) is 3.18. The van der Waals surface area contributed by atoms with Gasteiger partial charge in [0.2, 0.25) is 0 Å². The average molecular weight is 280 g/mol. The number of furan rings is 1. The second kappa shape index (κ2) is 5.17. The van der Waals surface area contributed by atoms with Crippen LogP contribution in [0.1, 0.15) is 15.9 Å². The predicted octanol–water partition coefficient (Wildman–Crippen LogP) is 3.74. The van der Waals surface area contributed by atoms with E-state index in [9.17, 15) is 15.0 Å². The van der Waals surface area contributed by atoms with Crippen LogP contribution in [0.2, 0.25) is 0 Å². The summed E-state index contributed by atoms with van der Waals surface area (Å²) in [5.41, 5.74) is 1.05. The molecule has 1 aromatic heterocycles. The van der Waals surface area contributed by atoms with E-state index in [0.717, 1.165) is 5.56 Å². The maximum atomic E-state index is 12.2. The van der Waals surface area contributed by atoms with Crippen molar-refractivity contribution in [3.63, 3.8) is 0 Å². The van der Waals surface area contributed by atoms with Crippen molar-refractivity contribution >= 4 is 22.8 Å². The van der Waals surface area contributed by atoms with Gasteiger partial charge in [-0.3, -0.25) is 4.79 Å². The number of hydrogen-bond donors (Lipinski definition) is 2. The largest absolute Gasteiger partial charge is 0.507 e. The minimum Gasteiger partial charge on any atom is -0.507 e. The second-order valence-corrected chi connectivity index (χ2v) is 4.56. The summed E-state index contributed by atoms with van der Waals surface area (Å²) in [5, 5.41) is 20.4. The Labute approximate surface area is 120 Å². The van der Waals surface area contributed by atoms with Gasteiger partial charge in [-0.15, -0.1) is 0 Å². The fourth-order valence-electron chi connectivity index (χ4n) is 2.14. The quantitative estimate of drug-likeness (QED) is 0.566. The smallest absolute Gasteiger partial charge is 0.193 e. The summed E-state index contributed by atoms with van der Waals surface area (Å²) in [6.45, 7) is 0. The number of phenols is 2. The van der Waals surface area contributed by atoms with E-state index in [1.807, 2.05) is 30.3 Å². The van der Waals surface area contributed by atoms with E-state index in [0.29, 0.717) is 11.0 Å². The molecule has 0 aliphatic carbocycles. The highest BCUT2D eigenvalue weighted by atomic mass is 16.3. The number of ketones is 1. The number of carbonyl (C=O) groups is 1. The van der Waals surface area contributed by atoms with Crippen LogP contribution in [-0.2, 0) is 0 Å². The standard InChI is InChI=1S/C17H12O4/c18-13(7-6-11-4-2-1-3-5-11)16-14(19)10-15-12(17(16)20)8-9-21-15/h1-10,19-20H/b7-6+. The molecule has 0 radical (unpaired) electrons. The highest BCUT2D eigenvalue weighted by molar-refractivity contribution is 6.13. The second-order valence-electron chi connectivity index (χ2n) is 4.56. The van der Waals surface area contributed by atoms with E-state index < -0.39 is 5.78 Å². The lowest BCUT2D eigenvalue weighted by atomic mass is 10.0. The zero-order chi connectivity index (χ0) is 14.8. The summed E-state index contributed by atoms with van der Waals surface area (Å²) in [6.07, 6.45) is 4.33. The zero-order valence-electron chi connectivity index (χ0n) is 11.0. The van der Waals surface area contributed by atoms with Gasteiger partial charge in [0.05, 0.1) is 11.6 Å². The number of fused-ring (bicyclic) bond motifs is 1. The van der Waals surface area contributed by atoms with Crippen LogP contribution in [0.5, 0.6) is 11.5 Å². The van der Waals surface area contributed by atoms with E-state index in [1.165, 1.54) is 18.4 Å². The lowest BCUT2D eigenvalue weighted by molar-refractivity contribution is 0.104. The van der Waals surface area contributed by atoms with E-state index >= 15 is 0 Å². The molecule has 1 heterocycles. The van der Waals surface area contributed by atoms with Crippen molar-refractivity contribution in [3.05, 3.63) is 65.9 Å². The van der Waals surface area contributed by atoms with Gasteiger partial charge in [-0.25, -0.2) is 0 Å². The molecule has 0 unspecified atom stereocenters. The van der Waals surface area contributed by atoms with Gasteiger partial charge in [-0.1, -0.05) is 36.4 Å². The molecule has 104 valence electrons. The zero-order valence-corrected chi connectivity index (χ0v) is 11.0. The Morgan fingerprint density at radius 2 is 1.86 bits per heavy atom. The van der Waals surface area contributed by atoms with Crippen molar-refractivity contribution < 1.29 is 19.4 Å². The summed E-state index contributed by atoms with van der Waals surface area (Å²) in [6, 6.07) is 12.2. The Bertz CT molecular complexity index is 829. The van der Waals surface area contributed by atoms with Crippen molar-refractivity contribution in [2.45, 2.75) is 0 Å². The fraction of sp³-hybridized carbons (Fsp3) is 0. The van der Waals surface area contributed by atoms with Crippen LogP contribution < -0.4 is 0 Å². The molecule has 0 atom stereocenters. The summed E-state index contributed by atoms with van der Waals surface area (Å²) in [5.74, 6) is -1.06. The molecule has 3 aromatic rings. The minimum atomic E-state index is -0.475. The molecule has 0 bridgehead atoms. The third-order valence-corrected chi connectivity index (χ3v) is 3.18. The summed E-state index contributed by atoms with van der Waals surface area (Å²) in [4.78, 5) is 12.2. The molecule has 0 saturated heterocycles. The van der Waals surface area contributed by atoms with Crippen LogP contribution in [0, 0.1) is 0 Å². The Balaban J connectivity index is 2.00. The molecule has 4 nitrogen and oxygen atoms in total. The highest BCUT2D eigenvalue weighted by Gasteiger charge is 2.18. The van der Waals surface area contributed by atoms with Crippen molar-refractivity contribution in [2.75, 3.05) is 0 Å². The number of aromatic hydroxyl groups is 2. The van der Waals surface area contributed by atoms with E-state index in [2.05, 4.69) is 0 Å². The lowest BCUT2D eigenvalue weighted by Gasteiger charge is -2.04. The Kier molecular flexibility index (Phi) is 3.20. The Morgan fingerprint density at radius 3 is 2.62 bits per heavy atom. The van der Waals surface area contributed by atoms with Gasteiger partial charge >= 0.3 is 0 Å². The van der Waals surface area contributed by atoms with Crippen molar-refractivity contribution in [3.8, 4) is 11.5 Å². The number of rotatable bonds is 3. The molecule has 2 N–H and O–H groups in total. The van der Waals surface area contributed by atoms with E-state index in [4.69, 9.17) is 4.42 Å². The van der Waals surface area contributed by atoms with Gasteiger partial charge in [0, 0.05) is 6.07 Å². The first-order valence-corrected chi connectivity index (χ1v) is 6.36. The SMILES string of the molecule is O=C(/C=C/c1ccccc1)c1c(O)cc2occc2c1O. The minimum absolute atomic E-state index is 0.129. The number of allylic oxidation sites excluding steroid dienone is 1. The first kappa shape index (κ1) is 13.0. The molecule has 0 aliphatic rings. The van der Waals surface area contributed by atoms with Crippen LogP contribution in [0.3, 0.4) is 0 Å². The first-order chi connectivity index (χ1) is 10.2. The molecule has 0 spiro atoms. The van der Waals surface area contributed by atoms with Gasteiger partial charge in [0.15, 0.2) is 5.78 Å². The highest BCUT2D eigenvalue weighted by Crippen LogP contribution is 2.36. The van der Waals surface area contributed by atoms with Crippen LogP contribution in [0.15, 0.2) is 59.2 Å². The van der Waals surface area contributed by atoms with E-state index in [-0.39, 0.29) is 17.1 Å². The fourth-order valence-corrected chi connectivity index (χ4v) is 2.14. The van der Waals surface area contributed by atoms with E-state index in [1.54, 1.807) is 12.1 Å². The molecule has 3 rings (SSSR count). The molecule has 0 aliphatic heterocycles. The van der Waals surface area contributed by atoms with Crippen LogP contribution in [0.4, 0.5) is 0 Å². The van der Waals surface area contributed by atoms with Crippen molar-refractivity contribution in [1.82, 2.24) is 0 Å². The average Bonchev–Trinajstić information content (AvgIpc) is 2.94. The molecular weight excluding hydrogens is 268 g/mol. The van der Waals surface area contributed by atoms with Crippen LogP contribution >= 0.6 is 0 Å². The van der Waals surface area contributed by atoms with Gasteiger partial charge in [-0.05, 0) is 17.7 Å². The van der Waals surface area contributed by atoms with Gasteiger partial charge in [0.1, 0.15) is 22.6 Å². The van der Waals surface area contributed by atoms with Gasteiger partial charge in [-0.2, -0.15) is 0 Å². The molecule has 0 amide bonds. The lowest BCUT2D eigenvalue weighted by Crippen LogP contribution is -1.96. The number of hydrogen-bond acceptors (Lipinski definition) is 4. The topological polar surface area (TPSA) is 70.7 Å². The molecular formula is C17H12O4. The van der Waals surface area contributed by atoms with Crippen molar-refractivity contribution in [1.29, 1.82) is 0 Å². The summed E-state index contributed by atoms with van der Waals surface area (Å²) < 4.78 is 5.09. The molecule has 0 fully saturated rings. The molecule has 4 heteroatoms.